The fourth-order valence-electron chi connectivity index (χ4n) is 3.24. The number of rotatable bonds is 4. The lowest BCUT2D eigenvalue weighted by Gasteiger charge is -2.23. The Balaban J connectivity index is 1.47. The van der Waals surface area contributed by atoms with Gasteiger partial charge in [0.05, 0.1) is 18.6 Å². The van der Waals surface area contributed by atoms with Gasteiger partial charge in [-0.25, -0.2) is 15.0 Å². The summed E-state index contributed by atoms with van der Waals surface area (Å²) >= 11 is 0. The molecule has 1 atom stereocenters. The smallest absolute Gasteiger partial charge is 0.158 e. The van der Waals surface area contributed by atoms with Crippen LogP contribution >= 0.6 is 0 Å². The molecule has 130 valence electrons. The molecule has 0 saturated carbocycles. The van der Waals surface area contributed by atoms with E-state index in [1.165, 1.54) is 30.9 Å². The summed E-state index contributed by atoms with van der Waals surface area (Å²) in [6.45, 7) is 3.41. The number of aromatic nitrogens is 4. The van der Waals surface area contributed by atoms with E-state index in [1.807, 2.05) is 16.8 Å². The predicted molar refractivity (Wildman–Crippen MR) is 99.6 cm³/mol. The molecule has 1 N–H and O–H groups in total. The zero-order valence-electron chi connectivity index (χ0n) is 14.5. The molecule has 0 radical (unpaired) electrons. The maximum absolute atomic E-state index is 8.76. The van der Waals surface area contributed by atoms with Gasteiger partial charge in [-0.2, -0.15) is 5.26 Å². The number of nitriles is 1. The average Bonchev–Trinajstić information content (AvgIpc) is 3.32. The van der Waals surface area contributed by atoms with Gasteiger partial charge in [-0.05, 0) is 44.0 Å². The molecule has 1 aliphatic heterocycles. The highest BCUT2D eigenvalue weighted by Crippen LogP contribution is 2.26. The molecule has 26 heavy (non-hydrogen) atoms. The summed E-state index contributed by atoms with van der Waals surface area (Å²) < 4.78 is 1.95. The number of anilines is 3. The monoisotopic (exact) mass is 345 g/mol. The fraction of sp³-hybridized carbons (Fsp3) is 0.263. The molecule has 1 saturated heterocycles. The summed E-state index contributed by atoms with van der Waals surface area (Å²) in [5, 5.41) is 11.8. The van der Waals surface area contributed by atoms with Crippen LogP contribution in [-0.2, 0) is 0 Å². The van der Waals surface area contributed by atoms with Crippen molar-refractivity contribution in [2.45, 2.75) is 25.8 Å². The highest BCUT2D eigenvalue weighted by Gasteiger charge is 2.20. The number of imidazole rings is 1. The van der Waals surface area contributed by atoms with Crippen molar-refractivity contribution in [3.63, 3.8) is 0 Å². The van der Waals surface area contributed by atoms with Gasteiger partial charge in [0.15, 0.2) is 5.69 Å². The molecule has 3 aromatic rings. The molecular formula is C19H19N7. The van der Waals surface area contributed by atoms with E-state index >= 15 is 0 Å². The zero-order chi connectivity index (χ0) is 17.9. The Bertz CT molecular complexity index is 922. The Kier molecular flexibility index (Phi) is 4.23. The molecule has 7 nitrogen and oxygen atoms in total. The number of benzene rings is 1. The van der Waals surface area contributed by atoms with Crippen LogP contribution in [0.1, 0.15) is 25.5 Å². The molecule has 2 aromatic heterocycles. The van der Waals surface area contributed by atoms with E-state index in [4.69, 9.17) is 5.26 Å². The van der Waals surface area contributed by atoms with Gasteiger partial charge in [-0.1, -0.05) is 0 Å². The highest BCUT2D eigenvalue weighted by molar-refractivity contribution is 5.54. The van der Waals surface area contributed by atoms with Gasteiger partial charge in [0, 0.05) is 24.0 Å². The third-order valence-electron chi connectivity index (χ3n) is 4.64. The summed E-state index contributed by atoms with van der Waals surface area (Å²) in [5.74, 6) is 1.22. The van der Waals surface area contributed by atoms with Gasteiger partial charge < -0.3 is 14.8 Å². The molecule has 0 aliphatic carbocycles. The van der Waals surface area contributed by atoms with Crippen LogP contribution in [0.25, 0.3) is 5.69 Å². The third-order valence-corrected chi connectivity index (χ3v) is 4.64. The van der Waals surface area contributed by atoms with Crippen molar-refractivity contribution in [3.05, 3.63) is 54.9 Å². The first-order valence-electron chi connectivity index (χ1n) is 8.63. The molecule has 0 amide bonds. The van der Waals surface area contributed by atoms with Crippen molar-refractivity contribution in [1.82, 2.24) is 19.5 Å². The van der Waals surface area contributed by atoms with Crippen molar-refractivity contribution in [3.8, 4) is 11.8 Å². The first-order chi connectivity index (χ1) is 12.7. The van der Waals surface area contributed by atoms with Gasteiger partial charge in [0.2, 0.25) is 0 Å². The minimum atomic E-state index is 0.286. The summed E-state index contributed by atoms with van der Waals surface area (Å²) in [6.07, 6.45) is 9.12. The maximum atomic E-state index is 8.76. The predicted octanol–water partition coefficient (Wildman–Crippen LogP) is 3.27. The minimum absolute atomic E-state index is 0.286. The first kappa shape index (κ1) is 16.1. The standard InChI is InChI=1S/C19H19N7/c1-14-3-2-8-26(14)17-6-4-16(5-7-17)25-12-19(23-13-25)24-18-11-21-15(9-20)10-22-18/h4-7,10-14H,2-3,8H2,1H3,(H,22,24)/t14-/m1/s1. The van der Waals surface area contributed by atoms with Gasteiger partial charge in [-0.3, -0.25) is 0 Å². The normalized spacial score (nSPS) is 16.5. The molecule has 4 rings (SSSR count). The highest BCUT2D eigenvalue weighted by atomic mass is 15.2. The molecule has 3 heterocycles. The lowest BCUT2D eigenvalue weighted by atomic mass is 10.2. The Morgan fingerprint density at radius 1 is 1.08 bits per heavy atom. The van der Waals surface area contributed by atoms with E-state index in [1.54, 1.807) is 6.33 Å². The number of hydrogen-bond donors (Lipinski definition) is 1. The van der Waals surface area contributed by atoms with Crippen LogP contribution < -0.4 is 10.2 Å². The first-order valence-corrected chi connectivity index (χ1v) is 8.63. The van der Waals surface area contributed by atoms with E-state index < -0.39 is 0 Å². The lowest BCUT2D eigenvalue weighted by molar-refractivity contribution is 0.735. The zero-order valence-corrected chi connectivity index (χ0v) is 14.5. The number of nitrogens with one attached hydrogen (secondary N) is 1. The molecule has 1 aromatic carbocycles. The molecule has 1 aliphatic rings. The average molecular weight is 345 g/mol. The van der Waals surface area contributed by atoms with Crippen LogP contribution in [0.15, 0.2) is 49.2 Å². The summed E-state index contributed by atoms with van der Waals surface area (Å²) in [4.78, 5) is 14.9. The van der Waals surface area contributed by atoms with Crippen LogP contribution in [0.2, 0.25) is 0 Å². The van der Waals surface area contributed by atoms with E-state index in [9.17, 15) is 0 Å². The van der Waals surface area contributed by atoms with Crippen molar-refractivity contribution >= 4 is 17.3 Å². The Morgan fingerprint density at radius 3 is 2.54 bits per heavy atom. The molecule has 7 heteroatoms. The topological polar surface area (TPSA) is 82.7 Å². The van der Waals surface area contributed by atoms with E-state index in [0.29, 0.717) is 17.7 Å². The Morgan fingerprint density at radius 2 is 1.88 bits per heavy atom. The van der Waals surface area contributed by atoms with Crippen molar-refractivity contribution in [2.24, 2.45) is 0 Å². The van der Waals surface area contributed by atoms with E-state index in [0.717, 1.165) is 12.2 Å². The number of hydrogen-bond acceptors (Lipinski definition) is 6. The van der Waals surface area contributed by atoms with E-state index in [2.05, 4.69) is 56.4 Å². The lowest BCUT2D eigenvalue weighted by Crippen LogP contribution is -2.26. The Labute approximate surface area is 152 Å². The largest absolute Gasteiger partial charge is 0.369 e. The number of nitrogens with zero attached hydrogens (tertiary/aromatic N) is 6. The second kappa shape index (κ2) is 6.84. The summed E-state index contributed by atoms with van der Waals surface area (Å²) in [6, 6.07) is 11.1. The quantitative estimate of drug-likeness (QED) is 0.781. The van der Waals surface area contributed by atoms with Crippen LogP contribution in [0.5, 0.6) is 0 Å². The second-order valence-corrected chi connectivity index (χ2v) is 6.39. The summed E-state index contributed by atoms with van der Waals surface area (Å²) in [7, 11) is 0. The molecule has 1 fully saturated rings. The van der Waals surface area contributed by atoms with Crippen LogP contribution in [0.3, 0.4) is 0 Å². The Hall–Kier alpha value is -3.40. The van der Waals surface area contributed by atoms with Crippen molar-refractivity contribution < 1.29 is 0 Å². The maximum Gasteiger partial charge on any atom is 0.158 e. The van der Waals surface area contributed by atoms with Crippen LogP contribution in [-0.4, -0.2) is 32.1 Å². The van der Waals surface area contributed by atoms with Crippen LogP contribution in [0.4, 0.5) is 17.3 Å². The minimum Gasteiger partial charge on any atom is -0.369 e. The van der Waals surface area contributed by atoms with Crippen molar-refractivity contribution in [1.29, 1.82) is 5.26 Å². The molecule has 0 bridgehead atoms. The summed E-state index contributed by atoms with van der Waals surface area (Å²) in [5.41, 5.74) is 2.60. The van der Waals surface area contributed by atoms with Gasteiger partial charge in [0.1, 0.15) is 24.0 Å². The van der Waals surface area contributed by atoms with Gasteiger partial charge in [-0.15, -0.1) is 0 Å². The van der Waals surface area contributed by atoms with Crippen LogP contribution in [0, 0.1) is 11.3 Å². The SMILES string of the molecule is C[C@@H]1CCCN1c1ccc(-n2cnc(Nc3cnc(C#N)cn3)c2)cc1. The van der Waals surface area contributed by atoms with Crippen molar-refractivity contribution in [2.75, 3.05) is 16.8 Å². The van der Waals surface area contributed by atoms with Gasteiger partial charge in [0.25, 0.3) is 0 Å². The third kappa shape index (κ3) is 3.22. The second-order valence-electron chi connectivity index (χ2n) is 6.39. The fourth-order valence-corrected chi connectivity index (χ4v) is 3.24. The molecule has 0 spiro atoms. The van der Waals surface area contributed by atoms with Gasteiger partial charge >= 0.3 is 0 Å². The molecular weight excluding hydrogens is 326 g/mol. The van der Waals surface area contributed by atoms with E-state index in [-0.39, 0.29) is 5.69 Å². The molecule has 0 unspecified atom stereocenters.